The largest absolute Gasteiger partial charge is 0.353 e. The smallest absolute Gasteiger partial charge is 0.114 e. The molecule has 5 heteroatoms. The van der Waals surface area contributed by atoms with Crippen LogP contribution in [0.1, 0.15) is 25.7 Å². The summed E-state index contributed by atoms with van der Waals surface area (Å²) < 4.78 is 5.65. The fraction of sp³-hybridized carbons (Fsp3) is 1.00. The Morgan fingerprint density at radius 3 is 1.54 bits per heavy atom. The highest BCUT2D eigenvalue weighted by Gasteiger charge is 2.10. The van der Waals surface area contributed by atoms with Crippen molar-refractivity contribution in [3.8, 4) is 0 Å². The van der Waals surface area contributed by atoms with Gasteiger partial charge in [0.1, 0.15) is 10.0 Å². The van der Waals surface area contributed by atoms with E-state index in [1.807, 2.05) is 0 Å². The summed E-state index contributed by atoms with van der Waals surface area (Å²) in [6, 6.07) is 0. The van der Waals surface area contributed by atoms with Gasteiger partial charge in [0.25, 0.3) is 0 Å². The first-order valence-corrected chi connectivity index (χ1v) is 8.33. The SMILES string of the molecule is BrCCCC(Br)OC(Br)CCCBr. The average Bonchev–Trinajstić information content (AvgIpc) is 2.11. The second-order valence-electron chi connectivity index (χ2n) is 2.62. The van der Waals surface area contributed by atoms with Crippen LogP contribution in [0, 0.1) is 0 Å². The lowest BCUT2D eigenvalue weighted by Gasteiger charge is -2.15. The molecule has 0 bridgehead atoms. The van der Waals surface area contributed by atoms with E-state index in [9.17, 15) is 0 Å². The molecule has 2 unspecified atom stereocenters. The molecular weight excluding hydrogens is 432 g/mol. The summed E-state index contributed by atoms with van der Waals surface area (Å²) in [6.45, 7) is 0. The molecule has 80 valence electrons. The Morgan fingerprint density at radius 2 is 1.23 bits per heavy atom. The summed E-state index contributed by atoms with van der Waals surface area (Å²) in [6.07, 6.45) is 4.35. The molecule has 0 spiro atoms. The third-order valence-electron chi connectivity index (χ3n) is 1.42. The summed E-state index contributed by atoms with van der Waals surface area (Å²) in [5, 5.41) is 2.41. The van der Waals surface area contributed by atoms with Crippen molar-refractivity contribution in [1.82, 2.24) is 0 Å². The lowest BCUT2D eigenvalue weighted by atomic mass is 10.3. The zero-order valence-corrected chi connectivity index (χ0v) is 13.7. The van der Waals surface area contributed by atoms with E-state index < -0.39 is 0 Å². The third kappa shape index (κ3) is 10.2. The summed E-state index contributed by atoms with van der Waals surface area (Å²) in [4.78, 5) is 0. The van der Waals surface area contributed by atoms with Crippen molar-refractivity contribution in [2.24, 2.45) is 0 Å². The van der Waals surface area contributed by atoms with Crippen molar-refractivity contribution in [1.29, 1.82) is 0 Å². The van der Waals surface area contributed by atoms with Crippen LogP contribution < -0.4 is 0 Å². The van der Waals surface area contributed by atoms with Gasteiger partial charge in [0.15, 0.2) is 0 Å². The van der Waals surface area contributed by atoms with Crippen LogP contribution in [0.5, 0.6) is 0 Å². The fourth-order valence-electron chi connectivity index (χ4n) is 0.772. The Labute approximate surface area is 114 Å². The first-order chi connectivity index (χ1) is 6.20. The molecule has 0 aromatic heterocycles. The van der Waals surface area contributed by atoms with Gasteiger partial charge in [-0.1, -0.05) is 63.7 Å². The van der Waals surface area contributed by atoms with Gasteiger partial charge in [-0.05, 0) is 25.7 Å². The van der Waals surface area contributed by atoms with Crippen LogP contribution in [0.15, 0.2) is 0 Å². The molecule has 0 aliphatic rings. The number of hydrogen-bond acceptors (Lipinski definition) is 1. The highest BCUT2D eigenvalue weighted by molar-refractivity contribution is 9.10. The molecule has 0 aliphatic heterocycles. The standard InChI is InChI=1S/C8H14Br4O/c9-5-1-3-7(11)13-8(12)4-2-6-10/h7-8H,1-6H2. The average molecular weight is 446 g/mol. The molecule has 0 aromatic carbocycles. The molecule has 1 nitrogen and oxygen atoms in total. The van der Waals surface area contributed by atoms with Crippen molar-refractivity contribution in [3.05, 3.63) is 0 Å². The van der Waals surface area contributed by atoms with Gasteiger partial charge in [0.2, 0.25) is 0 Å². The number of rotatable bonds is 8. The summed E-state index contributed by atoms with van der Waals surface area (Å²) in [7, 11) is 0. The Balaban J connectivity index is 3.35. The molecule has 0 fully saturated rings. The highest BCUT2D eigenvalue weighted by atomic mass is 79.9. The molecule has 0 radical (unpaired) electrons. The van der Waals surface area contributed by atoms with E-state index in [2.05, 4.69) is 63.7 Å². The first kappa shape index (κ1) is 14.9. The number of halogens is 4. The second kappa shape index (κ2) is 10.4. The Morgan fingerprint density at radius 1 is 0.846 bits per heavy atom. The molecular formula is C8H14Br4O. The molecule has 0 saturated heterocycles. The van der Waals surface area contributed by atoms with Gasteiger partial charge < -0.3 is 4.74 Å². The van der Waals surface area contributed by atoms with E-state index in [-0.39, 0.29) is 10.0 Å². The predicted octanol–water partition coefficient (Wildman–Crippen LogP) is 4.80. The summed E-state index contributed by atoms with van der Waals surface area (Å²) in [5.74, 6) is 0. The minimum absolute atomic E-state index is 0.171. The molecule has 0 aromatic rings. The van der Waals surface area contributed by atoms with E-state index in [0.717, 1.165) is 36.3 Å². The van der Waals surface area contributed by atoms with Gasteiger partial charge in [-0.25, -0.2) is 0 Å². The minimum Gasteiger partial charge on any atom is -0.353 e. The van der Waals surface area contributed by atoms with Gasteiger partial charge in [-0.2, -0.15) is 0 Å². The van der Waals surface area contributed by atoms with Gasteiger partial charge in [-0.3, -0.25) is 0 Å². The molecule has 0 rings (SSSR count). The first-order valence-electron chi connectivity index (χ1n) is 4.26. The normalized spacial score (nSPS) is 15.7. The van der Waals surface area contributed by atoms with Crippen LogP contribution in [-0.4, -0.2) is 20.7 Å². The maximum atomic E-state index is 5.65. The van der Waals surface area contributed by atoms with E-state index in [0.29, 0.717) is 0 Å². The van der Waals surface area contributed by atoms with Crippen molar-refractivity contribution in [2.75, 3.05) is 10.7 Å². The number of ether oxygens (including phenoxy) is 1. The van der Waals surface area contributed by atoms with Crippen LogP contribution in [0.25, 0.3) is 0 Å². The summed E-state index contributed by atoms with van der Waals surface area (Å²) in [5.41, 5.74) is 0. The van der Waals surface area contributed by atoms with E-state index in [1.54, 1.807) is 0 Å². The van der Waals surface area contributed by atoms with Crippen LogP contribution in [0.4, 0.5) is 0 Å². The van der Waals surface area contributed by atoms with Crippen LogP contribution >= 0.6 is 63.7 Å². The van der Waals surface area contributed by atoms with E-state index in [4.69, 9.17) is 4.74 Å². The minimum atomic E-state index is 0.171. The topological polar surface area (TPSA) is 9.23 Å². The van der Waals surface area contributed by atoms with Crippen molar-refractivity contribution >= 4 is 63.7 Å². The van der Waals surface area contributed by atoms with Gasteiger partial charge >= 0.3 is 0 Å². The van der Waals surface area contributed by atoms with E-state index >= 15 is 0 Å². The second-order valence-corrected chi connectivity index (χ2v) is 6.25. The lowest BCUT2D eigenvalue weighted by molar-refractivity contribution is 0.0897. The van der Waals surface area contributed by atoms with Crippen LogP contribution in [-0.2, 0) is 4.74 Å². The molecule has 0 saturated carbocycles. The Hall–Kier alpha value is 1.88. The molecule has 0 amide bonds. The maximum absolute atomic E-state index is 5.65. The number of hydrogen-bond donors (Lipinski definition) is 0. The lowest BCUT2D eigenvalue weighted by Crippen LogP contribution is -2.12. The summed E-state index contributed by atoms with van der Waals surface area (Å²) >= 11 is 13.8. The molecule has 2 atom stereocenters. The monoisotopic (exact) mass is 442 g/mol. The number of alkyl halides is 4. The van der Waals surface area contributed by atoms with E-state index in [1.165, 1.54) is 0 Å². The van der Waals surface area contributed by atoms with Crippen LogP contribution in [0.2, 0.25) is 0 Å². The maximum Gasteiger partial charge on any atom is 0.114 e. The van der Waals surface area contributed by atoms with Gasteiger partial charge in [0, 0.05) is 10.7 Å². The molecule has 13 heavy (non-hydrogen) atoms. The molecule has 0 heterocycles. The highest BCUT2D eigenvalue weighted by Crippen LogP contribution is 2.19. The van der Waals surface area contributed by atoms with Crippen LogP contribution in [0.3, 0.4) is 0 Å². The Kier molecular flexibility index (Phi) is 11.9. The quantitative estimate of drug-likeness (QED) is 0.488. The zero-order valence-electron chi connectivity index (χ0n) is 7.32. The van der Waals surface area contributed by atoms with Crippen molar-refractivity contribution in [2.45, 2.75) is 35.7 Å². The van der Waals surface area contributed by atoms with Crippen molar-refractivity contribution < 1.29 is 4.74 Å². The molecule has 0 N–H and O–H groups in total. The van der Waals surface area contributed by atoms with Crippen molar-refractivity contribution in [3.63, 3.8) is 0 Å². The molecule has 0 aliphatic carbocycles. The fourth-order valence-corrected chi connectivity index (χ4v) is 2.88. The zero-order chi connectivity index (χ0) is 10.1. The van der Waals surface area contributed by atoms with Gasteiger partial charge in [-0.15, -0.1) is 0 Å². The van der Waals surface area contributed by atoms with Gasteiger partial charge in [0.05, 0.1) is 0 Å². The Bertz CT molecular complexity index is 100. The third-order valence-corrected chi connectivity index (χ3v) is 3.89. The predicted molar refractivity (Wildman–Crippen MR) is 72.6 cm³/mol.